The summed E-state index contributed by atoms with van der Waals surface area (Å²) in [4.78, 5) is 14.0. The Morgan fingerprint density at radius 3 is 2.48 bits per heavy atom. The van der Waals surface area contributed by atoms with Gasteiger partial charge in [-0.1, -0.05) is 32.0 Å². The molecule has 0 bridgehead atoms. The number of hydrogen-bond acceptors (Lipinski definition) is 3. The number of para-hydroxylation sites is 1. The maximum atomic E-state index is 12.1. The molecule has 1 rings (SSSR count). The van der Waals surface area contributed by atoms with E-state index in [0.717, 1.165) is 44.6 Å². The number of rotatable bonds is 10. The van der Waals surface area contributed by atoms with E-state index in [-0.39, 0.29) is 5.91 Å². The molecule has 0 heterocycles. The molecule has 0 aromatic heterocycles. The Balaban J connectivity index is 2.34. The van der Waals surface area contributed by atoms with E-state index >= 15 is 0 Å². The Labute approximate surface area is 128 Å². The lowest BCUT2D eigenvalue weighted by atomic mass is 10.1. The molecule has 4 nitrogen and oxygen atoms in total. The van der Waals surface area contributed by atoms with E-state index < -0.39 is 0 Å². The van der Waals surface area contributed by atoms with E-state index in [1.54, 1.807) is 7.11 Å². The van der Waals surface area contributed by atoms with Crippen molar-refractivity contribution < 1.29 is 9.53 Å². The van der Waals surface area contributed by atoms with Crippen molar-refractivity contribution in [1.29, 1.82) is 0 Å². The van der Waals surface area contributed by atoms with Gasteiger partial charge in [-0.05, 0) is 37.4 Å². The number of nitrogens with zero attached hydrogens (tertiary/aromatic N) is 1. The molecule has 0 aliphatic carbocycles. The minimum atomic E-state index is 0.193. The Morgan fingerprint density at radius 1 is 1.19 bits per heavy atom. The zero-order valence-corrected chi connectivity index (χ0v) is 13.5. The second-order valence-electron chi connectivity index (χ2n) is 5.12. The van der Waals surface area contributed by atoms with E-state index in [9.17, 15) is 4.79 Å². The summed E-state index contributed by atoms with van der Waals surface area (Å²) in [5, 5.41) is 3.24. The molecule has 0 spiro atoms. The van der Waals surface area contributed by atoms with Crippen LogP contribution in [0.3, 0.4) is 0 Å². The Morgan fingerprint density at radius 2 is 1.86 bits per heavy atom. The standard InChI is InChI=1S/C17H28N2O2/c1-4-12-19(13-5-2)17(20)14-18-11-10-15-8-6-7-9-16(15)21-3/h6-9,18H,4-5,10-14H2,1-3H3. The number of carbonyl (C=O) groups excluding carboxylic acids is 1. The summed E-state index contributed by atoms with van der Waals surface area (Å²) >= 11 is 0. The van der Waals surface area contributed by atoms with Crippen molar-refractivity contribution >= 4 is 5.91 Å². The van der Waals surface area contributed by atoms with E-state index in [0.29, 0.717) is 6.54 Å². The van der Waals surface area contributed by atoms with Crippen LogP contribution in [0.4, 0.5) is 0 Å². The minimum Gasteiger partial charge on any atom is -0.496 e. The molecule has 0 aliphatic rings. The van der Waals surface area contributed by atoms with Crippen LogP contribution in [-0.4, -0.2) is 44.1 Å². The zero-order valence-electron chi connectivity index (χ0n) is 13.5. The van der Waals surface area contributed by atoms with Crippen molar-refractivity contribution in [1.82, 2.24) is 10.2 Å². The number of hydrogen-bond donors (Lipinski definition) is 1. The first-order valence-electron chi connectivity index (χ1n) is 7.83. The summed E-state index contributed by atoms with van der Waals surface area (Å²) in [7, 11) is 1.68. The number of nitrogens with one attached hydrogen (secondary N) is 1. The van der Waals surface area contributed by atoms with Crippen LogP contribution in [0.15, 0.2) is 24.3 Å². The van der Waals surface area contributed by atoms with E-state index in [4.69, 9.17) is 4.74 Å². The Bertz CT molecular complexity index is 415. The Kier molecular flexibility index (Phi) is 8.51. The molecule has 0 radical (unpaired) electrons. The van der Waals surface area contributed by atoms with Gasteiger partial charge in [0.05, 0.1) is 13.7 Å². The van der Waals surface area contributed by atoms with Crippen LogP contribution >= 0.6 is 0 Å². The van der Waals surface area contributed by atoms with Gasteiger partial charge in [-0.2, -0.15) is 0 Å². The first-order chi connectivity index (χ1) is 10.2. The predicted molar refractivity (Wildman–Crippen MR) is 86.7 cm³/mol. The van der Waals surface area contributed by atoms with Gasteiger partial charge in [0.15, 0.2) is 0 Å². The van der Waals surface area contributed by atoms with Crippen LogP contribution in [-0.2, 0) is 11.2 Å². The van der Waals surface area contributed by atoms with Crippen LogP contribution in [0.1, 0.15) is 32.3 Å². The van der Waals surface area contributed by atoms with Gasteiger partial charge < -0.3 is 15.0 Å². The number of carbonyl (C=O) groups is 1. The number of benzene rings is 1. The number of methoxy groups -OCH3 is 1. The van der Waals surface area contributed by atoms with Crippen LogP contribution in [0.25, 0.3) is 0 Å². The van der Waals surface area contributed by atoms with Gasteiger partial charge >= 0.3 is 0 Å². The minimum absolute atomic E-state index is 0.193. The summed E-state index contributed by atoms with van der Waals surface area (Å²) in [5.41, 5.74) is 1.17. The molecule has 1 aromatic rings. The normalized spacial score (nSPS) is 10.4. The van der Waals surface area contributed by atoms with Crippen molar-refractivity contribution in [3.63, 3.8) is 0 Å². The Hall–Kier alpha value is -1.55. The maximum Gasteiger partial charge on any atom is 0.236 e. The highest BCUT2D eigenvalue weighted by molar-refractivity contribution is 5.78. The molecule has 0 saturated heterocycles. The fraction of sp³-hybridized carbons (Fsp3) is 0.588. The molecule has 0 fully saturated rings. The van der Waals surface area contributed by atoms with Gasteiger partial charge in [0.1, 0.15) is 5.75 Å². The van der Waals surface area contributed by atoms with Crippen LogP contribution < -0.4 is 10.1 Å². The quantitative estimate of drug-likeness (QED) is 0.674. The maximum absolute atomic E-state index is 12.1. The van der Waals surface area contributed by atoms with Crippen LogP contribution in [0.5, 0.6) is 5.75 Å². The summed E-state index contributed by atoms with van der Waals surface area (Å²) in [6, 6.07) is 7.99. The van der Waals surface area contributed by atoms with Gasteiger partial charge in [0.25, 0.3) is 0 Å². The van der Waals surface area contributed by atoms with Gasteiger partial charge in [-0.25, -0.2) is 0 Å². The van der Waals surface area contributed by atoms with Gasteiger partial charge in [0, 0.05) is 13.1 Å². The van der Waals surface area contributed by atoms with Gasteiger partial charge in [-0.15, -0.1) is 0 Å². The van der Waals surface area contributed by atoms with Crippen molar-refractivity contribution in [2.75, 3.05) is 33.3 Å². The van der Waals surface area contributed by atoms with Gasteiger partial charge in [0.2, 0.25) is 5.91 Å². The smallest absolute Gasteiger partial charge is 0.236 e. The summed E-state index contributed by atoms with van der Waals surface area (Å²) in [6.07, 6.45) is 2.87. The van der Waals surface area contributed by atoms with E-state index in [2.05, 4.69) is 25.2 Å². The van der Waals surface area contributed by atoms with Crippen molar-refractivity contribution in [3.05, 3.63) is 29.8 Å². The van der Waals surface area contributed by atoms with E-state index in [1.165, 1.54) is 5.56 Å². The largest absolute Gasteiger partial charge is 0.496 e. The second-order valence-corrected chi connectivity index (χ2v) is 5.12. The highest BCUT2D eigenvalue weighted by atomic mass is 16.5. The molecule has 0 saturated carbocycles. The lowest BCUT2D eigenvalue weighted by molar-refractivity contribution is -0.130. The molecule has 0 unspecified atom stereocenters. The molecule has 4 heteroatoms. The van der Waals surface area contributed by atoms with Crippen LogP contribution in [0, 0.1) is 0 Å². The predicted octanol–water partition coefficient (Wildman–Crippen LogP) is 2.48. The van der Waals surface area contributed by atoms with Crippen LogP contribution in [0.2, 0.25) is 0 Å². The third kappa shape index (κ3) is 6.17. The van der Waals surface area contributed by atoms with Crippen molar-refractivity contribution in [2.24, 2.45) is 0 Å². The molecule has 1 N–H and O–H groups in total. The highest BCUT2D eigenvalue weighted by Gasteiger charge is 2.10. The molecular weight excluding hydrogens is 264 g/mol. The van der Waals surface area contributed by atoms with Gasteiger partial charge in [-0.3, -0.25) is 4.79 Å². The number of amides is 1. The molecule has 21 heavy (non-hydrogen) atoms. The molecule has 118 valence electrons. The second kappa shape index (κ2) is 10.2. The third-order valence-electron chi connectivity index (χ3n) is 3.38. The molecule has 1 amide bonds. The fourth-order valence-corrected chi connectivity index (χ4v) is 2.34. The average molecular weight is 292 g/mol. The topological polar surface area (TPSA) is 41.6 Å². The van der Waals surface area contributed by atoms with E-state index in [1.807, 2.05) is 23.1 Å². The molecular formula is C17H28N2O2. The first-order valence-corrected chi connectivity index (χ1v) is 7.83. The fourth-order valence-electron chi connectivity index (χ4n) is 2.34. The first kappa shape index (κ1) is 17.5. The summed E-state index contributed by atoms with van der Waals surface area (Å²) in [6.45, 7) is 7.09. The SMILES string of the molecule is CCCN(CCC)C(=O)CNCCc1ccccc1OC. The van der Waals surface area contributed by atoms with Crippen molar-refractivity contribution in [3.8, 4) is 5.75 Å². The molecule has 0 aliphatic heterocycles. The lowest BCUT2D eigenvalue weighted by Gasteiger charge is -2.21. The summed E-state index contributed by atoms with van der Waals surface area (Å²) in [5.74, 6) is 1.10. The molecule has 1 aromatic carbocycles. The third-order valence-corrected chi connectivity index (χ3v) is 3.38. The number of ether oxygens (including phenoxy) is 1. The van der Waals surface area contributed by atoms with Crippen molar-refractivity contribution in [2.45, 2.75) is 33.1 Å². The molecule has 0 atom stereocenters. The monoisotopic (exact) mass is 292 g/mol. The zero-order chi connectivity index (χ0) is 15.5. The average Bonchev–Trinajstić information content (AvgIpc) is 2.51. The summed E-state index contributed by atoms with van der Waals surface area (Å²) < 4.78 is 5.32. The lowest BCUT2D eigenvalue weighted by Crippen LogP contribution is -2.39. The highest BCUT2D eigenvalue weighted by Crippen LogP contribution is 2.17.